The van der Waals surface area contributed by atoms with Crippen LogP contribution in [0, 0.1) is 0 Å². The lowest BCUT2D eigenvalue weighted by Gasteiger charge is -2.45. The maximum absolute atomic E-state index is 11.7. The fourth-order valence-electron chi connectivity index (χ4n) is 2.74. The second kappa shape index (κ2) is 7.71. The van der Waals surface area contributed by atoms with Crippen LogP contribution < -0.4 is 0 Å². The second-order valence-electron chi connectivity index (χ2n) is 6.82. The van der Waals surface area contributed by atoms with Gasteiger partial charge in [-0.25, -0.2) is 4.79 Å². The fourth-order valence-corrected chi connectivity index (χ4v) is 4.92. The summed E-state index contributed by atoms with van der Waals surface area (Å²) in [5, 5.41) is 0. The zero-order valence-electron chi connectivity index (χ0n) is 14.2. The number of hydrogen-bond donors (Lipinski definition) is 0. The van der Waals surface area contributed by atoms with E-state index in [2.05, 4.69) is 32.8 Å². The smallest absolute Gasteiger partial charge is 0.333 e. The number of ether oxygens (including phenoxy) is 1. The molecule has 1 fully saturated rings. The third-order valence-corrected chi connectivity index (χ3v) is 5.48. The predicted octanol–water partition coefficient (Wildman–Crippen LogP) is 2.79. The molecule has 2 atom stereocenters. The van der Waals surface area contributed by atoms with Crippen LogP contribution in [0.4, 0.5) is 0 Å². The van der Waals surface area contributed by atoms with E-state index >= 15 is 0 Å². The van der Waals surface area contributed by atoms with Gasteiger partial charge in [0.25, 0.3) is 0 Å². The third-order valence-electron chi connectivity index (χ3n) is 3.63. The number of rotatable bonds is 7. The van der Waals surface area contributed by atoms with Crippen molar-refractivity contribution in [3.05, 3.63) is 12.2 Å². The number of hydrogen-bond acceptors (Lipinski definition) is 4. The number of esters is 1. The molecule has 0 aromatic heterocycles. The van der Waals surface area contributed by atoms with Crippen molar-refractivity contribution in [2.45, 2.75) is 70.5 Å². The van der Waals surface area contributed by atoms with E-state index in [0.717, 1.165) is 25.7 Å². The summed E-state index contributed by atoms with van der Waals surface area (Å²) in [5.41, 5.74) is -0.0118. The fraction of sp³-hybridized carbons (Fsp3) is 0.800. The molecule has 0 bridgehead atoms. The first-order valence-electron chi connectivity index (χ1n) is 7.84. The Morgan fingerprint density at radius 1 is 1.38 bits per heavy atom. The Balaban J connectivity index is 2.86. The van der Waals surface area contributed by atoms with Crippen molar-refractivity contribution in [3.8, 4) is 0 Å². The highest BCUT2D eigenvalue weighted by molar-refractivity contribution is 6.69. The predicted molar refractivity (Wildman–Crippen MR) is 90.7 cm³/mol. The first kappa shape index (κ1) is 18.6. The second-order valence-corrected chi connectivity index (χ2v) is 12.1. The maximum atomic E-state index is 11.7. The molecule has 1 saturated carbocycles. The van der Waals surface area contributed by atoms with Crippen molar-refractivity contribution in [1.82, 2.24) is 0 Å². The maximum Gasteiger partial charge on any atom is 0.333 e. The van der Waals surface area contributed by atoms with Gasteiger partial charge >= 0.3 is 5.97 Å². The lowest BCUT2D eigenvalue weighted by Crippen LogP contribution is -2.55. The van der Waals surface area contributed by atoms with E-state index in [9.17, 15) is 4.79 Å². The molecule has 0 aromatic carbocycles. The van der Waals surface area contributed by atoms with Crippen LogP contribution in [0.5, 0.6) is 0 Å². The van der Waals surface area contributed by atoms with Crippen LogP contribution in [0.3, 0.4) is 0 Å². The molecule has 0 amide bonds. The Hall–Kier alpha value is -0.436. The molecule has 1 rings (SSSR count). The van der Waals surface area contributed by atoms with Crippen LogP contribution in [-0.4, -0.2) is 42.4 Å². The molecule has 6 heteroatoms. The highest BCUT2D eigenvalue weighted by Gasteiger charge is 2.44. The zero-order chi connectivity index (χ0) is 16.1. The van der Waals surface area contributed by atoms with Crippen molar-refractivity contribution < 1.29 is 18.4 Å². The number of carbonyl (C=O) groups excluding carboxylic acids is 1. The minimum Gasteiger partial charge on any atom is -0.459 e. The van der Waals surface area contributed by atoms with Crippen LogP contribution in [0.25, 0.3) is 0 Å². The van der Waals surface area contributed by atoms with Gasteiger partial charge in [0.05, 0.1) is 6.10 Å². The van der Waals surface area contributed by atoms with Gasteiger partial charge in [0.15, 0.2) is 18.1 Å². The number of carbonyl (C=O) groups is 1. The quantitative estimate of drug-likeness (QED) is 0.409. The van der Waals surface area contributed by atoms with Gasteiger partial charge in [-0.15, -0.1) is 0 Å². The van der Waals surface area contributed by atoms with Gasteiger partial charge in [0.1, 0.15) is 12.2 Å². The van der Waals surface area contributed by atoms with Crippen molar-refractivity contribution in [1.29, 1.82) is 0 Å². The van der Waals surface area contributed by atoms with E-state index in [1.54, 1.807) is 6.92 Å². The van der Waals surface area contributed by atoms with Crippen molar-refractivity contribution in [2.24, 2.45) is 0 Å². The lowest BCUT2D eigenvalue weighted by atomic mass is 9.83. The molecular weight excluding hydrogens is 300 g/mol. The van der Waals surface area contributed by atoms with Crippen molar-refractivity contribution in [2.75, 3.05) is 6.61 Å². The van der Waals surface area contributed by atoms with E-state index in [0.29, 0.717) is 5.57 Å². The molecule has 0 radical (unpaired) electrons. The van der Waals surface area contributed by atoms with E-state index in [1.165, 1.54) is 0 Å². The Labute approximate surface area is 132 Å². The minimum atomic E-state index is -1.66. The van der Waals surface area contributed by atoms with Gasteiger partial charge < -0.3 is 13.6 Å². The molecule has 2 unspecified atom stereocenters. The van der Waals surface area contributed by atoms with Gasteiger partial charge in [-0.2, -0.15) is 0 Å². The lowest BCUT2D eigenvalue weighted by molar-refractivity contribution is -0.155. The molecule has 1 aliphatic rings. The van der Waals surface area contributed by atoms with Crippen LogP contribution >= 0.6 is 0 Å². The van der Waals surface area contributed by atoms with Crippen LogP contribution in [0.1, 0.15) is 32.6 Å². The van der Waals surface area contributed by atoms with Gasteiger partial charge in [0, 0.05) is 5.57 Å². The molecule has 0 spiro atoms. The van der Waals surface area contributed by atoms with Gasteiger partial charge in [-0.3, -0.25) is 0 Å². The van der Waals surface area contributed by atoms with E-state index < -0.39 is 23.7 Å². The third kappa shape index (κ3) is 5.69. The topological polar surface area (TPSA) is 44.8 Å². The molecule has 0 N–H and O–H groups in total. The van der Waals surface area contributed by atoms with Crippen LogP contribution in [0.15, 0.2) is 12.2 Å². The molecule has 4 nitrogen and oxygen atoms in total. The van der Waals surface area contributed by atoms with E-state index in [-0.39, 0.29) is 18.7 Å². The molecule has 0 aliphatic heterocycles. The standard InChI is InChI=1S/C15H30O4Si2/c1-12(2)14(16)17-11-15(19-20-3)10-8-7-9-13(15)18-21(4,5)6/h13H,1,7-11,20H2,2-6H3. The van der Waals surface area contributed by atoms with E-state index in [1.807, 2.05) is 0 Å². The molecule has 0 saturated heterocycles. The highest BCUT2D eigenvalue weighted by Crippen LogP contribution is 2.36. The molecule has 0 aromatic rings. The molecule has 122 valence electrons. The van der Waals surface area contributed by atoms with Crippen LogP contribution in [0.2, 0.25) is 26.2 Å². The first-order chi connectivity index (χ1) is 9.70. The molecule has 1 aliphatic carbocycles. The minimum absolute atomic E-state index is 0.0447. The summed E-state index contributed by atoms with van der Waals surface area (Å²) in [4.78, 5) is 11.7. The Bertz CT molecular complexity index is 374. The summed E-state index contributed by atoms with van der Waals surface area (Å²) in [5.74, 6) is -0.340. The zero-order valence-corrected chi connectivity index (χ0v) is 16.6. The van der Waals surface area contributed by atoms with Gasteiger partial charge in [-0.05, 0) is 39.4 Å². The largest absolute Gasteiger partial charge is 0.459 e. The summed E-state index contributed by atoms with van der Waals surface area (Å²) in [6.45, 7) is 14.3. The van der Waals surface area contributed by atoms with Crippen molar-refractivity contribution >= 4 is 24.0 Å². The monoisotopic (exact) mass is 330 g/mol. The summed E-state index contributed by atoms with van der Waals surface area (Å²) in [6, 6.07) is 0. The van der Waals surface area contributed by atoms with Gasteiger partial charge in [0.2, 0.25) is 0 Å². The van der Waals surface area contributed by atoms with Crippen molar-refractivity contribution in [3.63, 3.8) is 0 Å². The average Bonchev–Trinajstić information content (AvgIpc) is 2.37. The summed E-state index contributed by atoms with van der Waals surface area (Å²) >= 11 is 0. The van der Waals surface area contributed by atoms with E-state index in [4.69, 9.17) is 13.6 Å². The Morgan fingerprint density at radius 3 is 2.57 bits per heavy atom. The summed E-state index contributed by atoms with van der Waals surface area (Å²) in [7, 11) is -2.28. The molecule has 21 heavy (non-hydrogen) atoms. The Morgan fingerprint density at radius 2 is 2.05 bits per heavy atom. The SMILES string of the molecule is C=C(C)C(=O)OCC1(O[SiH2]C)CCCCC1O[Si](C)(C)C. The van der Waals surface area contributed by atoms with Gasteiger partial charge in [-0.1, -0.05) is 26.0 Å². The summed E-state index contributed by atoms with van der Waals surface area (Å²) < 4.78 is 18.0. The first-order valence-corrected chi connectivity index (χ1v) is 13.2. The molecule has 0 heterocycles. The summed E-state index contributed by atoms with van der Waals surface area (Å²) in [6.07, 6.45) is 4.20. The molecular formula is C15H30O4Si2. The average molecular weight is 331 g/mol. The highest BCUT2D eigenvalue weighted by atomic mass is 28.4. The normalized spacial score (nSPS) is 27.0. The van der Waals surface area contributed by atoms with Crippen LogP contribution in [-0.2, 0) is 18.4 Å². The Kier molecular flexibility index (Phi) is 6.84.